The van der Waals surface area contributed by atoms with Crippen molar-refractivity contribution in [3.8, 4) is 22.5 Å². The van der Waals surface area contributed by atoms with Gasteiger partial charge in [-0.25, -0.2) is 14.8 Å². The molecule has 6 heteroatoms. The molecule has 0 amide bonds. The summed E-state index contributed by atoms with van der Waals surface area (Å²) in [6.07, 6.45) is 0. The summed E-state index contributed by atoms with van der Waals surface area (Å²) in [4.78, 5) is 26.2. The van der Waals surface area contributed by atoms with Crippen LogP contribution in [0.2, 0.25) is 0 Å². The predicted octanol–water partition coefficient (Wildman–Crippen LogP) is 3.71. The predicted molar refractivity (Wildman–Crippen MR) is 96.2 cm³/mol. The third-order valence-corrected chi connectivity index (χ3v) is 3.96. The summed E-state index contributed by atoms with van der Waals surface area (Å²) in [5.41, 5.74) is 3.74. The molecule has 116 valence electrons. The van der Waals surface area contributed by atoms with Crippen molar-refractivity contribution < 1.29 is 0 Å². The molecule has 0 aliphatic heterocycles. The number of benzene rings is 2. The van der Waals surface area contributed by atoms with Gasteiger partial charge in [0.2, 0.25) is 0 Å². The number of aromatic nitrogens is 4. The second-order valence-corrected chi connectivity index (χ2v) is 5.67. The minimum Gasteiger partial charge on any atom is -0.296 e. The van der Waals surface area contributed by atoms with Crippen LogP contribution in [0.5, 0.6) is 0 Å². The Morgan fingerprint density at radius 1 is 0.750 bits per heavy atom. The molecule has 24 heavy (non-hydrogen) atoms. The summed E-state index contributed by atoms with van der Waals surface area (Å²) in [7, 11) is 0. The lowest BCUT2D eigenvalue weighted by Gasteiger charge is -2.10. The lowest BCUT2D eigenvalue weighted by Crippen LogP contribution is -2.12. The van der Waals surface area contributed by atoms with E-state index in [1.54, 1.807) is 0 Å². The Labute approximate surface area is 142 Å². The van der Waals surface area contributed by atoms with E-state index in [0.29, 0.717) is 16.9 Å². The van der Waals surface area contributed by atoms with Gasteiger partial charge in [-0.3, -0.25) is 9.97 Å². The Balaban J connectivity index is 2.12. The maximum atomic E-state index is 11.7. The molecule has 0 radical (unpaired) electrons. The van der Waals surface area contributed by atoms with Crippen LogP contribution in [0.4, 0.5) is 0 Å². The summed E-state index contributed by atoms with van der Waals surface area (Å²) in [6, 6.07) is 19.5. The highest BCUT2D eigenvalue weighted by Crippen LogP contribution is 2.30. The maximum Gasteiger partial charge on any atom is 0.325 e. The van der Waals surface area contributed by atoms with Crippen LogP contribution in [-0.2, 0) is 0 Å². The number of fused-ring (bicyclic) bond motifs is 1. The number of aromatic amines is 2. The summed E-state index contributed by atoms with van der Waals surface area (Å²) in [6.45, 7) is 0. The molecule has 0 aliphatic rings. The van der Waals surface area contributed by atoms with Gasteiger partial charge in [0.15, 0.2) is 5.65 Å². The molecule has 0 saturated heterocycles. The van der Waals surface area contributed by atoms with E-state index >= 15 is 0 Å². The van der Waals surface area contributed by atoms with E-state index in [4.69, 9.17) is 17.2 Å². The number of hydrogen-bond donors (Lipinski definition) is 2. The lowest BCUT2D eigenvalue weighted by molar-refractivity contribution is 1.07. The Kier molecular flexibility index (Phi) is 3.51. The van der Waals surface area contributed by atoms with E-state index in [1.807, 2.05) is 60.7 Å². The van der Waals surface area contributed by atoms with Crippen molar-refractivity contribution in [2.45, 2.75) is 0 Å². The van der Waals surface area contributed by atoms with E-state index in [-0.39, 0.29) is 4.64 Å². The molecule has 0 spiro atoms. The lowest BCUT2D eigenvalue weighted by atomic mass is 10.0. The van der Waals surface area contributed by atoms with Gasteiger partial charge in [0, 0.05) is 11.1 Å². The van der Waals surface area contributed by atoms with Gasteiger partial charge in [0.25, 0.3) is 0 Å². The standard InChI is InChI=1S/C18H12N4OS/c23-18-21-16-15(17(24)22-18)19-13(11-7-3-1-4-8-11)14(20-16)12-9-5-2-6-10-12/h1-10H,(H2,20,21,22,23,24). The zero-order chi connectivity index (χ0) is 16.5. The second-order valence-electron chi connectivity index (χ2n) is 5.26. The van der Waals surface area contributed by atoms with E-state index < -0.39 is 5.69 Å². The van der Waals surface area contributed by atoms with Gasteiger partial charge in [-0.05, 0) is 0 Å². The molecule has 5 nitrogen and oxygen atoms in total. The largest absolute Gasteiger partial charge is 0.325 e. The van der Waals surface area contributed by atoms with Crippen LogP contribution in [-0.4, -0.2) is 19.9 Å². The van der Waals surface area contributed by atoms with E-state index in [0.717, 1.165) is 16.8 Å². The SMILES string of the molecule is O=c1[nH]c(=S)c2nc(-c3ccccc3)c(-c3ccccc3)nc2[nH]1. The fourth-order valence-corrected chi connectivity index (χ4v) is 2.81. The van der Waals surface area contributed by atoms with Crippen LogP contribution in [0.15, 0.2) is 65.5 Å². The molecule has 0 aliphatic carbocycles. The molecular weight excluding hydrogens is 320 g/mol. The molecule has 0 fully saturated rings. The Hall–Kier alpha value is -3.12. The molecule has 2 heterocycles. The van der Waals surface area contributed by atoms with Crippen LogP contribution in [0.1, 0.15) is 0 Å². The molecule has 0 atom stereocenters. The van der Waals surface area contributed by atoms with Gasteiger partial charge in [-0.15, -0.1) is 0 Å². The number of H-pyrrole nitrogens is 2. The van der Waals surface area contributed by atoms with Gasteiger partial charge in [-0.1, -0.05) is 72.9 Å². The molecule has 0 unspecified atom stereocenters. The van der Waals surface area contributed by atoms with Crippen molar-refractivity contribution in [2.75, 3.05) is 0 Å². The molecule has 2 aromatic heterocycles. The van der Waals surface area contributed by atoms with Crippen LogP contribution < -0.4 is 5.69 Å². The van der Waals surface area contributed by atoms with Crippen LogP contribution >= 0.6 is 12.2 Å². The number of hydrogen-bond acceptors (Lipinski definition) is 4. The van der Waals surface area contributed by atoms with Crippen molar-refractivity contribution in [1.82, 2.24) is 19.9 Å². The summed E-state index contributed by atoms with van der Waals surface area (Å²) in [5, 5.41) is 0. The number of nitrogens with zero attached hydrogens (tertiary/aromatic N) is 2. The first-order valence-corrected chi connectivity index (χ1v) is 7.78. The van der Waals surface area contributed by atoms with Crippen molar-refractivity contribution in [3.05, 3.63) is 75.8 Å². The van der Waals surface area contributed by atoms with Crippen molar-refractivity contribution >= 4 is 23.4 Å². The van der Waals surface area contributed by atoms with Crippen molar-refractivity contribution in [2.24, 2.45) is 0 Å². The molecule has 2 N–H and O–H groups in total. The summed E-state index contributed by atoms with van der Waals surface area (Å²) >= 11 is 5.23. The third kappa shape index (κ3) is 2.53. The zero-order valence-corrected chi connectivity index (χ0v) is 13.3. The average Bonchev–Trinajstić information content (AvgIpc) is 2.62. The molecule has 0 saturated carbocycles. The smallest absolute Gasteiger partial charge is 0.296 e. The minimum atomic E-state index is -0.395. The summed E-state index contributed by atoms with van der Waals surface area (Å²) < 4.78 is 0.276. The molecule has 2 aromatic carbocycles. The Morgan fingerprint density at radius 2 is 1.29 bits per heavy atom. The fraction of sp³-hybridized carbons (Fsp3) is 0. The second kappa shape index (κ2) is 5.82. The first kappa shape index (κ1) is 14.5. The summed E-state index contributed by atoms with van der Waals surface area (Å²) in [5.74, 6) is 0. The van der Waals surface area contributed by atoms with Gasteiger partial charge in [0.1, 0.15) is 10.2 Å². The quantitative estimate of drug-likeness (QED) is 0.549. The topological polar surface area (TPSA) is 74.4 Å². The van der Waals surface area contributed by atoms with Crippen LogP contribution in [0, 0.1) is 4.64 Å². The molecule has 4 rings (SSSR count). The van der Waals surface area contributed by atoms with E-state index in [9.17, 15) is 4.79 Å². The van der Waals surface area contributed by atoms with E-state index in [1.165, 1.54) is 0 Å². The molecule has 4 aromatic rings. The first-order chi connectivity index (χ1) is 11.7. The Bertz CT molecular complexity index is 1130. The highest BCUT2D eigenvalue weighted by atomic mass is 32.1. The van der Waals surface area contributed by atoms with E-state index in [2.05, 4.69) is 15.0 Å². The highest BCUT2D eigenvalue weighted by molar-refractivity contribution is 7.71. The number of nitrogens with one attached hydrogen (secondary N) is 2. The average molecular weight is 332 g/mol. The van der Waals surface area contributed by atoms with Gasteiger partial charge in [0.05, 0.1) is 11.4 Å². The maximum absolute atomic E-state index is 11.7. The van der Waals surface area contributed by atoms with Crippen molar-refractivity contribution in [1.29, 1.82) is 0 Å². The highest BCUT2D eigenvalue weighted by Gasteiger charge is 2.14. The minimum absolute atomic E-state index is 0.276. The monoisotopic (exact) mass is 332 g/mol. The fourth-order valence-electron chi connectivity index (χ4n) is 2.58. The van der Waals surface area contributed by atoms with Crippen LogP contribution in [0.25, 0.3) is 33.7 Å². The van der Waals surface area contributed by atoms with Crippen LogP contribution in [0.3, 0.4) is 0 Å². The zero-order valence-electron chi connectivity index (χ0n) is 12.5. The van der Waals surface area contributed by atoms with Gasteiger partial charge < -0.3 is 0 Å². The van der Waals surface area contributed by atoms with Gasteiger partial charge >= 0.3 is 5.69 Å². The van der Waals surface area contributed by atoms with Gasteiger partial charge in [-0.2, -0.15) is 0 Å². The first-order valence-electron chi connectivity index (χ1n) is 7.37. The normalized spacial score (nSPS) is 10.8. The number of rotatable bonds is 2. The van der Waals surface area contributed by atoms with Crippen molar-refractivity contribution in [3.63, 3.8) is 0 Å². The Morgan fingerprint density at radius 3 is 1.88 bits per heavy atom. The third-order valence-electron chi connectivity index (χ3n) is 3.66. The molecular formula is C18H12N4OS. The molecule has 0 bridgehead atoms.